The van der Waals surface area contributed by atoms with Crippen molar-refractivity contribution in [1.82, 2.24) is 10.6 Å². The summed E-state index contributed by atoms with van der Waals surface area (Å²) in [6.07, 6.45) is 0. The molecule has 0 aromatic heterocycles. The van der Waals surface area contributed by atoms with Crippen molar-refractivity contribution in [3.63, 3.8) is 0 Å². The predicted molar refractivity (Wildman–Crippen MR) is 129 cm³/mol. The Morgan fingerprint density at radius 2 is 1.59 bits per heavy atom. The highest BCUT2D eigenvalue weighted by Gasteiger charge is 2.24. The van der Waals surface area contributed by atoms with Gasteiger partial charge in [-0.3, -0.25) is 10.1 Å². The summed E-state index contributed by atoms with van der Waals surface area (Å²) >= 11 is 0. The van der Waals surface area contributed by atoms with Crippen LogP contribution in [0, 0.1) is 0 Å². The average molecular weight is 467 g/mol. The molecule has 3 aromatic carbocycles. The van der Waals surface area contributed by atoms with E-state index < -0.39 is 12.0 Å². The first-order chi connectivity index (χ1) is 16.5. The summed E-state index contributed by atoms with van der Waals surface area (Å²) in [6, 6.07) is 16.3. The van der Waals surface area contributed by atoms with Crippen LogP contribution in [0.1, 0.15) is 24.1 Å². The van der Waals surface area contributed by atoms with Gasteiger partial charge in [0.2, 0.25) is 11.7 Å². The maximum absolute atomic E-state index is 12.7. The molecular weight excluding hydrogens is 436 g/mol. The minimum absolute atomic E-state index is 0.0723. The molecule has 0 aliphatic rings. The lowest BCUT2D eigenvalue weighted by Gasteiger charge is -2.19. The van der Waals surface area contributed by atoms with E-state index in [2.05, 4.69) is 10.6 Å². The van der Waals surface area contributed by atoms with Gasteiger partial charge in [0.15, 0.2) is 11.5 Å². The van der Waals surface area contributed by atoms with Crippen molar-refractivity contribution >= 4 is 22.6 Å². The molecule has 0 unspecified atom stereocenters. The van der Waals surface area contributed by atoms with Crippen LogP contribution in [0.5, 0.6) is 17.2 Å². The second kappa shape index (κ2) is 11.9. The number of fused-ring (bicyclic) bond motifs is 1. The summed E-state index contributed by atoms with van der Waals surface area (Å²) in [6.45, 7) is 2.17. The zero-order valence-electron chi connectivity index (χ0n) is 19.8. The Morgan fingerprint density at radius 3 is 2.24 bits per heavy atom. The van der Waals surface area contributed by atoms with Crippen molar-refractivity contribution in [2.75, 3.05) is 34.5 Å². The Bertz CT molecular complexity index is 1120. The normalized spacial score (nSPS) is 11.5. The van der Waals surface area contributed by atoms with Crippen LogP contribution in [0.15, 0.2) is 54.6 Å². The highest BCUT2D eigenvalue weighted by Crippen LogP contribution is 2.38. The van der Waals surface area contributed by atoms with Crippen LogP contribution in [0.2, 0.25) is 0 Å². The monoisotopic (exact) mass is 466 g/mol. The topological polar surface area (TPSA) is 95.1 Å². The number of rotatable bonds is 11. The summed E-state index contributed by atoms with van der Waals surface area (Å²) in [5.41, 5.74) is 1.54. The second-order valence-corrected chi connectivity index (χ2v) is 7.44. The number of carbonyl (C=O) groups excluding carboxylic acids is 2. The highest BCUT2D eigenvalue weighted by molar-refractivity contribution is 5.91. The molecule has 0 fully saturated rings. The zero-order valence-corrected chi connectivity index (χ0v) is 19.8. The molecule has 3 aromatic rings. The Hall–Kier alpha value is -3.78. The van der Waals surface area contributed by atoms with Gasteiger partial charge in [0.05, 0.1) is 34.5 Å². The average Bonchev–Trinajstić information content (AvgIpc) is 2.87. The summed E-state index contributed by atoms with van der Waals surface area (Å²) in [5.74, 6) is 0.777. The second-order valence-electron chi connectivity index (χ2n) is 7.44. The largest absolute Gasteiger partial charge is 0.493 e. The van der Waals surface area contributed by atoms with Crippen molar-refractivity contribution in [2.45, 2.75) is 19.5 Å². The Balaban J connectivity index is 1.71. The molecule has 0 saturated heterocycles. The molecule has 2 N–H and O–H groups in total. The molecule has 0 heterocycles. The van der Waals surface area contributed by atoms with Crippen LogP contribution < -0.4 is 24.8 Å². The fourth-order valence-electron chi connectivity index (χ4n) is 3.74. The lowest BCUT2D eigenvalue weighted by atomic mass is 9.98. The van der Waals surface area contributed by atoms with Crippen LogP contribution in [-0.2, 0) is 20.9 Å². The molecule has 3 rings (SSSR count). The van der Waals surface area contributed by atoms with Crippen molar-refractivity contribution in [2.24, 2.45) is 0 Å². The molecule has 0 aliphatic heterocycles. The van der Waals surface area contributed by atoms with Crippen LogP contribution >= 0.6 is 0 Å². The van der Waals surface area contributed by atoms with E-state index in [1.54, 1.807) is 19.1 Å². The standard InChI is InChI=1S/C26H30N2O6/c1-5-34-26(30)24(20-12-8-10-18-9-6-7-11-19(18)20)28-16-23(29)27-15-17-13-21(31-2)25(33-4)22(14-17)32-3/h6-14,24,28H,5,15-16H2,1-4H3,(H,27,29)/t24-/m1/s1. The maximum Gasteiger partial charge on any atom is 0.327 e. The fraction of sp³-hybridized carbons (Fsp3) is 0.308. The third-order valence-electron chi connectivity index (χ3n) is 5.34. The van der Waals surface area contributed by atoms with Crippen molar-refractivity contribution in [1.29, 1.82) is 0 Å². The molecule has 1 amide bonds. The molecule has 0 saturated carbocycles. The number of nitrogens with one attached hydrogen (secondary N) is 2. The lowest BCUT2D eigenvalue weighted by molar-refractivity contribution is -0.145. The predicted octanol–water partition coefficient (Wildman–Crippen LogP) is 3.38. The molecule has 0 radical (unpaired) electrons. The number of benzene rings is 3. The van der Waals surface area contributed by atoms with Crippen molar-refractivity contribution < 1.29 is 28.5 Å². The Labute approximate surface area is 199 Å². The third kappa shape index (κ3) is 5.77. The molecular formula is C26H30N2O6. The van der Waals surface area contributed by atoms with Gasteiger partial charge in [-0.25, -0.2) is 4.79 Å². The van der Waals surface area contributed by atoms with Crippen LogP contribution in [0.25, 0.3) is 10.8 Å². The van der Waals surface area contributed by atoms with E-state index >= 15 is 0 Å². The Morgan fingerprint density at radius 1 is 0.912 bits per heavy atom. The minimum Gasteiger partial charge on any atom is -0.493 e. The number of amides is 1. The molecule has 8 nitrogen and oxygen atoms in total. The van der Waals surface area contributed by atoms with Gasteiger partial charge in [-0.05, 0) is 41.0 Å². The summed E-state index contributed by atoms with van der Waals surface area (Å²) < 4.78 is 21.3. The van der Waals surface area contributed by atoms with Crippen LogP contribution in [0.3, 0.4) is 0 Å². The van der Waals surface area contributed by atoms with Crippen molar-refractivity contribution in [3.8, 4) is 17.2 Å². The van der Waals surface area contributed by atoms with Crippen molar-refractivity contribution in [3.05, 3.63) is 65.7 Å². The maximum atomic E-state index is 12.7. The van der Waals surface area contributed by atoms with Gasteiger partial charge >= 0.3 is 5.97 Å². The number of methoxy groups -OCH3 is 3. The summed E-state index contributed by atoms with van der Waals surface area (Å²) in [4.78, 5) is 25.3. The van der Waals surface area contributed by atoms with E-state index in [9.17, 15) is 9.59 Å². The molecule has 1 atom stereocenters. The summed E-state index contributed by atoms with van der Waals surface area (Å²) in [5, 5.41) is 7.83. The highest BCUT2D eigenvalue weighted by atomic mass is 16.5. The molecule has 8 heteroatoms. The van der Waals surface area contributed by atoms with Gasteiger partial charge in [-0.15, -0.1) is 0 Å². The molecule has 0 spiro atoms. The lowest BCUT2D eigenvalue weighted by Crippen LogP contribution is -2.38. The molecule has 0 aliphatic carbocycles. The van der Waals surface area contributed by atoms with E-state index in [1.165, 1.54) is 21.3 Å². The van der Waals surface area contributed by atoms with E-state index in [0.29, 0.717) is 17.2 Å². The summed E-state index contributed by atoms with van der Waals surface area (Å²) in [7, 11) is 4.60. The quantitative estimate of drug-likeness (QED) is 0.418. The number of ether oxygens (including phenoxy) is 4. The van der Waals surface area contributed by atoms with Gasteiger partial charge in [-0.2, -0.15) is 0 Å². The van der Waals surface area contributed by atoms with E-state index in [0.717, 1.165) is 21.9 Å². The third-order valence-corrected chi connectivity index (χ3v) is 5.34. The first-order valence-electron chi connectivity index (χ1n) is 11.0. The minimum atomic E-state index is -0.780. The number of hydrogen-bond acceptors (Lipinski definition) is 7. The Kier molecular flexibility index (Phi) is 8.70. The first kappa shape index (κ1) is 24.9. The van der Waals surface area contributed by atoms with Gasteiger partial charge < -0.3 is 24.3 Å². The first-order valence-corrected chi connectivity index (χ1v) is 11.0. The van der Waals surface area contributed by atoms with Gasteiger partial charge in [0.25, 0.3) is 0 Å². The molecule has 180 valence electrons. The van der Waals surface area contributed by atoms with Crippen LogP contribution in [-0.4, -0.2) is 46.4 Å². The van der Waals surface area contributed by atoms with E-state index in [4.69, 9.17) is 18.9 Å². The molecule has 34 heavy (non-hydrogen) atoms. The van der Waals surface area contributed by atoms with Gasteiger partial charge in [-0.1, -0.05) is 42.5 Å². The SMILES string of the molecule is CCOC(=O)[C@H](NCC(=O)NCc1cc(OC)c(OC)c(OC)c1)c1cccc2ccccc12. The zero-order chi connectivity index (χ0) is 24.5. The van der Waals surface area contributed by atoms with E-state index in [-0.39, 0.29) is 25.6 Å². The fourth-order valence-corrected chi connectivity index (χ4v) is 3.74. The van der Waals surface area contributed by atoms with Gasteiger partial charge in [0, 0.05) is 6.54 Å². The van der Waals surface area contributed by atoms with E-state index in [1.807, 2.05) is 42.5 Å². The smallest absolute Gasteiger partial charge is 0.327 e. The number of carbonyl (C=O) groups is 2. The molecule has 0 bridgehead atoms. The van der Waals surface area contributed by atoms with Crippen LogP contribution in [0.4, 0.5) is 0 Å². The number of hydrogen-bond donors (Lipinski definition) is 2. The number of esters is 1. The van der Waals surface area contributed by atoms with Gasteiger partial charge in [0.1, 0.15) is 6.04 Å².